The maximum Gasteiger partial charge on any atom is 0.224 e. The van der Waals surface area contributed by atoms with Gasteiger partial charge < -0.3 is 15.5 Å². The van der Waals surface area contributed by atoms with Crippen LogP contribution in [0.15, 0.2) is 65.7 Å². The van der Waals surface area contributed by atoms with Crippen molar-refractivity contribution in [3.63, 3.8) is 0 Å². The molecule has 0 heterocycles. The number of nitrogens with one attached hydrogen (secondary N) is 2. The van der Waals surface area contributed by atoms with Gasteiger partial charge in [0.15, 0.2) is 5.96 Å². The predicted octanol–water partition coefficient (Wildman–Crippen LogP) is 2.83. The van der Waals surface area contributed by atoms with Gasteiger partial charge in [-0.05, 0) is 24.5 Å². The Hall–Kier alpha value is -2.82. The van der Waals surface area contributed by atoms with Gasteiger partial charge in [-0.1, -0.05) is 60.7 Å². The molecule has 0 fully saturated rings. The van der Waals surface area contributed by atoms with E-state index < -0.39 is 0 Å². The molecule has 0 spiro atoms. The first kappa shape index (κ1) is 20.5. The summed E-state index contributed by atoms with van der Waals surface area (Å²) in [6, 6.07) is 20.4. The highest BCUT2D eigenvalue weighted by Gasteiger charge is 2.08. The molecular formula is C22H30N4O. The minimum atomic E-state index is 0.0998. The van der Waals surface area contributed by atoms with Crippen molar-refractivity contribution in [3.05, 3.63) is 71.8 Å². The molecule has 5 heteroatoms. The molecule has 0 aliphatic heterocycles. The van der Waals surface area contributed by atoms with Crippen molar-refractivity contribution in [1.82, 2.24) is 15.5 Å². The fourth-order valence-electron chi connectivity index (χ4n) is 2.71. The number of hydrogen-bond donors (Lipinski definition) is 2. The van der Waals surface area contributed by atoms with Crippen LogP contribution in [0.25, 0.3) is 0 Å². The molecule has 2 rings (SSSR count). The van der Waals surface area contributed by atoms with Gasteiger partial charge in [-0.25, -0.2) is 0 Å². The van der Waals surface area contributed by atoms with Crippen LogP contribution in [-0.4, -0.2) is 43.4 Å². The molecule has 0 radical (unpaired) electrons. The molecule has 0 saturated heterocycles. The molecule has 0 aliphatic rings. The normalized spacial score (nSPS) is 11.1. The molecule has 2 aromatic rings. The number of hydrogen-bond acceptors (Lipinski definition) is 2. The predicted molar refractivity (Wildman–Crippen MR) is 112 cm³/mol. The van der Waals surface area contributed by atoms with E-state index in [9.17, 15) is 4.79 Å². The molecule has 2 N–H and O–H groups in total. The summed E-state index contributed by atoms with van der Waals surface area (Å²) in [6.45, 7) is 4.72. The zero-order valence-corrected chi connectivity index (χ0v) is 16.3. The van der Waals surface area contributed by atoms with Gasteiger partial charge >= 0.3 is 0 Å². The van der Waals surface area contributed by atoms with Crippen LogP contribution in [0.5, 0.6) is 0 Å². The summed E-state index contributed by atoms with van der Waals surface area (Å²) in [5.74, 6) is 0.856. The first-order valence-corrected chi connectivity index (χ1v) is 9.53. The quantitative estimate of drug-likeness (QED) is 0.530. The molecule has 27 heavy (non-hydrogen) atoms. The summed E-state index contributed by atoms with van der Waals surface area (Å²) in [5.41, 5.74) is 2.42. The Kier molecular flexibility index (Phi) is 8.90. The average Bonchev–Trinajstić information content (AvgIpc) is 2.69. The van der Waals surface area contributed by atoms with Gasteiger partial charge in [0.25, 0.3) is 0 Å². The van der Waals surface area contributed by atoms with Crippen LogP contribution < -0.4 is 10.6 Å². The van der Waals surface area contributed by atoms with Crippen molar-refractivity contribution >= 4 is 11.9 Å². The van der Waals surface area contributed by atoms with E-state index in [4.69, 9.17) is 0 Å². The van der Waals surface area contributed by atoms with Crippen LogP contribution in [0, 0.1) is 0 Å². The van der Waals surface area contributed by atoms with E-state index in [1.165, 1.54) is 5.56 Å². The Bertz CT molecular complexity index is 701. The Labute approximate surface area is 162 Å². The highest BCUT2D eigenvalue weighted by molar-refractivity contribution is 5.80. The number of guanidine groups is 1. The van der Waals surface area contributed by atoms with E-state index in [2.05, 4.69) is 27.8 Å². The molecule has 2 aromatic carbocycles. The molecular weight excluding hydrogens is 336 g/mol. The Balaban J connectivity index is 1.75. The van der Waals surface area contributed by atoms with Crippen molar-refractivity contribution in [2.24, 2.45) is 4.99 Å². The number of aliphatic imine (C=N–C) groups is 1. The summed E-state index contributed by atoms with van der Waals surface area (Å²) < 4.78 is 0. The van der Waals surface area contributed by atoms with Crippen molar-refractivity contribution in [3.8, 4) is 0 Å². The SMILES string of the molecule is CCNC(=NCCC(=O)N(C)Cc1ccccc1)NCCc1ccccc1. The first-order chi connectivity index (χ1) is 13.2. The van der Waals surface area contributed by atoms with Crippen LogP contribution >= 0.6 is 0 Å². The van der Waals surface area contributed by atoms with E-state index in [0.717, 1.165) is 31.0 Å². The topological polar surface area (TPSA) is 56.7 Å². The Morgan fingerprint density at radius 2 is 1.59 bits per heavy atom. The number of nitrogens with zero attached hydrogens (tertiary/aromatic N) is 2. The third-order valence-electron chi connectivity index (χ3n) is 4.18. The zero-order chi connectivity index (χ0) is 19.3. The zero-order valence-electron chi connectivity index (χ0n) is 16.3. The van der Waals surface area contributed by atoms with Crippen molar-refractivity contribution in [2.75, 3.05) is 26.7 Å². The van der Waals surface area contributed by atoms with Gasteiger partial charge in [0.1, 0.15) is 0 Å². The monoisotopic (exact) mass is 366 g/mol. The molecule has 0 atom stereocenters. The molecule has 144 valence electrons. The van der Waals surface area contributed by atoms with Gasteiger partial charge in [-0.3, -0.25) is 9.79 Å². The Morgan fingerprint density at radius 1 is 0.963 bits per heavy atom. The van der Waals surface area contributed by atoms with Gasteiger partial charge in [-0.2, -0.15) is 0 Å². The van der Waals surface area contributed by atoms with E-state index in [1.807, 2.05) is 62.5 Å². The van der Waals surface area contributed by atoms with Gasteiger partial charge in [0.05, 0.1) is 6.54 Å². The largest absolute Gasteiger partial charge is 0.357 e. The fourth-order valence-corrected chi connectivity index (χ4v) is 2.71. The maximum absolute atomic E-state index is 12.3. The summed E-state index contributed by atoms with van der Waals surface area (Å²) in [6.07, 6.45) is 1.34. The number of rotatable bonds is 9. The van der Waals surface area contributed by atoms with Crippen LogP contribution in [0.2, 0.25) is 0 Å². The molecule has 0 saturated carbocycles. The number of benzene rings is 2. The second kappa shape index (κ2) is 11.7. The lowest BCUT2D eigenvalue weighted by molar-refractivity contribution is -0.130. The highest BCUT2D eigenvalue weighted by Crippen LogP contribution is 2.04. The van der Waals surface area contributed by atoms with E-state index in [0.29, 0.717) is 19.5 Å². The molecule has 0 aliphatic carbocycles. The molecule has 0 aromatic heterocycles. The fraction of sp³-hybridized carbons (Fsp3) is 0.364. The minimum absolute atomic E-state index is 0.0998. The van der Waals surface area contributed by atoms with E-state index >= 15 is 0 Å². The summed E-state index contributed by atoms with van der Waals surface area (Å²) in [4.78, 5) is 18.6. The van der Waals surface area contributed by atoms with Crippen LogP contribution in [-0.2, 0) is 17.8 Å². The smallest absolute Gasteiger partial charge is 0.224 e. The van der Waals surface area contributed by atoms with Crippen molar-refractivity contribution in [1.29, 1.82) is 0 Å². The maximum atomic E-state index is 12.3. The minimum Gasteiger partial charge on any atom is -0.357 e. The third-order valence-corrected chi connectivity index (χ3v) is 4.18. The lowest BCUT2D eigenvalue weighted by Gasteiger charge is -2.17. The Morgan fingerprint density at radius 3 is 2.22 bits per heavy atom. The first-order valence-electron chi connectivity index (χ1n) is 9.53. The standard InChI is InChI=1S/C22H30N4O/c1-3-23-22(24-16-14-19-10-6-4-7-11-19)25-17-15-21(27)26(2)18-20-12-8-5-9-13-20/h4-13H,3,14-18H2,1-2H3,(H2,23,24,25). The van der Waals surface area contributed by atoms with Gasteiger partial charge in [0.2, 0.25) is 5.91 Å². The summed E-state index contributed by atoms with van der Waals surface area (Å²) in [7, 11) is 1.84. The second-order valence-corrected chi connectivity index (χ2v) is 6.41. The molecule has 5 nitrogen and oxygen atoms in total. The lowest BCUT2D eigenvalue weighted by atomic mass is 10.1. The van der Waals surface area contributed by atoms with E-state index in [-0.39, 0.29) is 5.91 Å². The summed E-state index contributed by atoms with van der Waals surface area (Å²) >= 11 is 0. The van der Waals surface area contributed by atoms with Crippen LogP contribution in [0.4, 0.5) is 0 Å². The number of carbonyl (C=O) groups excluding carboxylic acids is 1. The van der Waals surface area contributed by atoms with Crippen LogP contribution in [0.3, 0.4) is 0 Å². The van der Waals surface area contributed by atoms with Gasteiger partial charge in [-0.15, -0.1) is 0 Å². The van der Waals surface area contributed by atoms with Crippen LogP contribution in [0.1, 0.15) is 24.5 Å². The van der Waals surface area contributed by atoms with Crippen molar-refractivity contribution < 1.29 is 4.79 Å². The lowest BCUT2D eigenvalue weighted by Crippen LogP contribution is -2.38. The third kappa shape index (κ3) is 7.94. The highest BCUT2D eigenvalue weighted by atomic mass is 16.2. The second-order valence-electron chi connectivity index (χ2n) is 6.41. The molecule has 0 unspecified atom stereocenters. The number of amides is 1. The molecule has 0 bridgehead atoms. The number of carbonyl (C=O) groups is 1. The van der Waals surface area contributed by atoms with Gasteiger partial charge in [0, 0.05) is 33.1 Å². The molecule has 1 amide bonds. The van der Waals surface area contributed by atoms with Crippen molar-refractivity contribution in [2.45, 2.75) is 26.3 Å². The van der Waals surface area contributed by atoms with E-state index in [1.54, 1.807) is 4.90 Å². The summed E-state index contributed by atoms with van der Waals surface area (Å²) in [5, 5.41) is 6.55. The average molecular weight is 367 g/mol.